The van der Waals surface area contributed by atoms with Gasteiger partial charge in [0, 0.05) is 100 Å². The molecule has 0 radical (unpaired) electrons. The highest BCUT2D eigenvalue weighted by Gasteiger charge is 2.49. The Hall–Kier alpha value is -4.90. The van der Waals surface area contributed by atoms with Gasteiger partial charge in [0.1, 0.15) is 12.2 Å². The van der Waals surface area contributed by atoms with Crippen LogP contribution >= 0.6 is 11.6 Å². The number of amides is 1. The minimum Gasteiger partial charge on any atom is -0.473 e. The summed E-state index contributed by atoms with van der Waals surface area (Å²) >= 11 is 6.42. The number of fused-ring (bicyclic) bond motifs is 2. The van der Waals surface area contributed by atoms with Crippen molar-refractivity contribution in [2.24, 2.45) is 10.8 Å². The van der Waals surface area contributed by atoms with Gasteiger partial charge in [0.2, 0.25) is 11.8 Å². The molecule has 6 fully saturated rings. The summed E-state index contributed by atoms with van der Waals surface area (Å²) in [6, 6.07) is 18.6. The third-order valence-electron chi connectivity index (χ3n) is 19.0. The summed E-state index contributed by atoms with van der Waals surface area (Å²) in [7, 11) is 0. The Morgan fingerprint density at radius 3 is 2.34 bits per heavy atom. The number of halogens is 1. The fourth-order valence-electron chi connectivity index (χ4n) is 14.8. The first-order chi connectivity index (χ1) is 34.5. The van der Waals surface area contributed by atoms with Gasteiger partial charge in [0.25, 0.3) is 0 Å². The Kier molecular flexibility index (Phi) is 12.7. The standard InChI is InChI=1S/C57H73ClN10O3/c1-38-29-52-42(30-48(38)41-15-27-70-28-16-41)5-4-21-66(52)55-49-36-65(40(3)69)22-14-51(49)68(62-55)45-10-8-44(9-11-45)63-23-17-56(18-24-63)33-47(34-56)71-54-13-12-53(60-61-54)64-25-19-57(20-26-64)32-39(2)67(37-57)46-7-6-43(35-59)50(58)31-46/h6-7,12-13,29-31,39,41,44-45,47H,4-5,8-11,14-28,32-34,36-37H2,1-3H3/t39-,44?,45?/m0/s1. The maximum Gasteiger partial charge on any atom is 0.233 e. The summed E-state index contributed by atoms with van der Waals surface area (Å²) < 4.78 is 14.6. The van der Waals surface area contributed by atoms with Crippen LogP contribution in [0.5, 0.6) is 5.88 Å². The van der Waals surface area contributed by atoms with Gasteiger partial charge in [-0.25, -0.2) is 0 Å². The smallest absolute Gasteiger partial charge is 0.233 e. The van der Waals surface area contributed by atoms with Crippen LogP contribution in [0, 0.1) is 29.1 Å². The van der Waals surface area contributed by atoms with E-state index in [-0.39, 0.29) is 17.4 Å². The molecular weight excluding hydrogens is 908 g/mol. The summed E-state index contributed by atoms with van der Waals surface area (Å²) in [5.41, 5.74) is 10.6. The van der Waals surface area contributed by atoms with Gasteiger partial charge in [0.15, 0.2) is 11.6 Å². The maximum absolute atomic E-state index is 12.8. The highest BCUT2D eigenvalue weighted by molar-refractivity contribution is 6.32. The van der Waals surface area contributed by atoms with Crippen LogP contribution in [-0.2, 0) is 28.9 Å². The number of hydrogen-bond donors (Lipinski definition) is 0. The Labute approximate surface area is 425 Å². The largest absolute Gasteiger partial charge is 0.473 e. The number of nitriles is 1. The molecule has 2 aromatic carbocycles. The van der Waals surface area contributed by atoms with E-state index in [1.807, 2.05) is 29.2 Å². The molecule has 0 unspecified atom stereocenters. The lowest BCUT2D eigenvalue weighted by molar-refractivity contribution is -0.129. The molecule has 0 N–H and O–H groups in total. The molecule has 6 aliphatic heterocycles. The zero-order valence-corrected chi connectivity index (χ0v) is 43.1. The van der Waals surface area contributed by atoms with Gasteiger partial charge in [-0.05, 0) is 187 Å². The van der Waals surface area contributed by atoms with Crippen molar-refractivity contribution in [3.05, 3.63) is 81.0 Å². The number of rotatable bonds is 8. The normalized spacial score (nSPS) is 25.8. The second-order valence-electron chi connectivity index (χ2n) is 23.2. The molecule has 4 aromatic rings. The van der Waals surface area contributed by atoms with Crippen molar-refractivity contribution in [3.8, 4) is 11.9 Å². The van der Waals surface area contributed by atoms with Gasteiger partial charge in [0.05, 0.1) is 23.2 Å². The SMILES string of the molecule is CC(=O)N1CCc2c(c(N3CCCc4cc(C5CCOCC5)c(C)cc43)nn2C2CCC(N3CCC4(CC3)CC(Oc3ccc(N5CCC6(CC5)C[C@H](C)N(c5ccc(C#N)c(Cl)c5)C6)nn3)C4)CC2)C1. The van der Waals surface area contributed by atoms with Crippen LogP contribution in [0.1, 0.15) is 149 Å². The number of carbonyl (C=O) groups excluding carboxylic acids is 1. The number of anilines is 4. The van der Waals surface area contributed by atoms with Gasteiger partial charge in [-0.2, -0.15) is 10.4 Å². The number of ether oxygens (including phenoxy) is 2. The molecule has 8 heterocycles. The second-order valence-corrected chi connectivity index (χ2v) is 23.6. The van der Waals surface area contributed by atoms with E-state index in [2.05, 4.69) is 72.6 Å². The summed E-state index contributed by atoms with van der Waals surface area (Å²) in [6.45, 7) is 15.7. The van der Waals surface area contributed by atoms with E-state index in [1.165, 1.54) is 72.4 Å². The van der Waals surface area contributed by atoms with Crippen LogP contribution in [0.3, 0.4) is 0 Å². The summed E-state index contributed by atoms with van der Waals surface area (Å²) in [4.78, 5) is 25.0. The maximum atomic E-state index is 12.8. The number of carbonyl (C=O) groups is 1. The molecule has 2 saturated carbocycles. The molecule has 376 valence electrons. The molecule has 71 heavy (non-hydrogen) atoms. The summed E-state index contributed by atoms with van der Waals surface area (Å²) in [5, 5.41) is 24.7. The molecule has 2 aromatic heterocycles. The van der Waals surface area contributed by atoms with Crippen LogP contribution in [0.25, 0.3) is 0 Å². The number of nitrogens with zero attached hydrogens (tertiary/aromatic N) is 10. The second kappa shape index (κ2) is 19.2. The van der Waals surface area contributed by atoms with E-state index in [1.54, 1.807) is 6.92 Å². The lowest BCUT2D eigenvalue weighted by Crippen LogP contribution is -2.53. The predicted molar refractivity (Wildman–Crippen MR) is 278 cm³/mol. The summed E-state index contributed by atoms with van der Waals surface area (Å²) in [6.07, 6.45) is 18.4. The zero-order valence-electron chi connectivity index (χ0n) is 42.4. The number of benzene rings is 2. The van der Waals surface area contributed by atoms with Gasteiger partial charge in [-0.3, -0.25) is 9.48 Å². The molecule has 2 aliphatic carbocycles. The van der Waals surface area contributed by atoms with Crippen LogP contribution in [0.15, 0.2) is 42.5 Å². The van der Waals surface area contributed by atoms with Gasteiger partial charge in [-0.15, -0.1) is 10.2 Å². The monoisotopic (exact) mass is 981 g/mol. The fourth-order valence-corrected chi connectivity index (χ4v) is 15.0. The predicted octanol–water partition coefficient (Wildman–Crippen LogP) is 10.1. The third-order valence-corrected chi connectivity index (χ3v) is 19.3. The number of piperidine rings is 2. The Morgan fingerprint density at radius 1 is 0.859 bits per heavy atom. The number of aromatic nitrogens is 4. The van der Waals surface area contributed by atoms with Crippen molar-refractivity contribution in [3.63, 3.8) is 0 Å². The molecule has 13 nitrogen and oxygen atoms in total. The van der Waals surface area contributed by atoms with Crippen LogP contribution in [0.4, 0.5) is 23.0 Å². The fraction of sp³-hybridized carbons (Fsp3) is 0.632. The summed E-state index contributed by atoms with van der Waals surface area (Å²) in [5.74, 6) is 3.41. The molecule has 14 heteroatoms. The van der Waals surface area contributed by atoms with E-state index in [0.29, 0.717) is 52.5 Å². The Morgan fingerprint density at radius 2 is 1.62 bits per heavy atom. The lowest BCUT2D eigenvalue weighted by atomic mass is 9.61. The quantitative estimate of drug-likeness (QED) is 0.168. The van der Waals surface area contributed by atoms with Crippen LogP contribution in [0.2, 0.25) is 5.02 Å². The molecule has 0 bridgehead atoms. The molecule has 1 amide bonds. The zero-order chi connectivity index (χ0) is 48.4. The van der Waals surface area contributed by atoms with Gasteiger partial charge in [-0.1, -0.05) is 17.7 Å². The first kappa shape index (κ1) is 47.1. The first-order valence-electron chi connectivity index (χ1n) is 27.3. The van der Waals surface area contributed by atoms with Gasteiger partial charge < -0.3 is 34.0 Å². The Balaban J connectivity index is 0.624. The molecule has 4 saturated heterocycles. The highest BCUT2D eigenvalue weighted by Crippen LogP contribution is 2.52. The van der Waals surface area contributed by atoms with E-state index < -0.39 is 0 Å². The topological polar surface area (TPSA) is 119 Å². The van der Waals surface area contributed by atoms with E-state index in [0.717, 1.165) is 140 Å². The molecule has 12 rings (SSSR count). The number of hydrogen-bond acceptors (Lipinski definition) is 11. The Bertz CT molecular complexity index is 2640. The van der Waals surface area contributed by atoms with Crippen LogP contribution < -0.4 is 19.4 Å². The molecular formula is C57H73ClN10O3. The average Bonchev–Trinajstić information content (AvgIpc) is 3.93. The number of aryl methyl sites for hydroxylation is 2. The van der Waals surface area contributed by atoms with Gasteiger partial charge >= 0.3 is 0 Å². The molecule has 8 aliphatic rings. The van der Waals surface area contributed by atoms with Crippen molar-refractivity contribution < 1.29 is 14.3 Å². The van der Waals surface area contributed by atoms with E-state index in [9.17, 15) is 10.1 Å². The van der Waals surface area contributed by atoms with Crippen molar-refractivity contribution >= 4 is 40.5 Å². The molecule has 1 atom stereocenters. The van der Waals surface area contributed by atoms with E-state index >= 15 is 0 Å². The number of likely N-dealkylation sites (tertiary alicyclic amines) is 1. The van der Waals surface area contributed by atoms with E-state index in [4.69, 9.17) is 26.2 Å². The first-order valence-corrected chi connectivity index (χ1v) is 27.7. The highest BCUT2D eigenvalue weighted by atomic mass is 35.5. The average molecular weight is 982 g/mol. The van der Waals surface area contributed by atoms with Crippen molar-refractivity contribution in [1.29, 1.82) is 5.26 Å². The van der Waals surface area contributed by atoms with Crippen molar-refractivity contribution in [2.75, 3.05) is 73.7 Å². The third kappa shape index (κ3) is 9.06. The lowest BCUT2D eigenvalue weighted by Gasteiger charge is -2.53. The van der Waals surface area contributed by atoms with Crippen molar-refractivity contribution in [1.82, 2.24) is 29.8 Å². The van der Waals surface area contributed by atoms with Crippen LogP contribution in [-0.4, -0.2) is 113 Å². The minimum absolute atomic E-state index is 0.155. The van der Waals surface area contributed by atoms with Crippen molar-refractivity contribution in [2.45, 2.75) is 160 Å². The minimum atomic E-state index is 0.155. The molecule has 2 spiro atoms.